The van der Waals surface area contributed by atoms with Crippen LogP contribution in [0.4, 0.5) is 30.7 Å². The quantitative estimate of drug-likeness (QED) is 0.301. The van der Waals surface area contributed by atoms with E-state index >= 15 is 0 Å². The van der Waals surface area contributed by atoms with E-state index in [-0.39, 0.29) is 23.8 Å². The summed E-state index contributed by atoms with van der Waals surface area (Å²) in [5, 5.41) is 0. The fraction of sp³-hybridized carbons (Fsp3) is 0.600. The molecule has 0 spiro atoms. The lowest BCUT2D eigenvalue weighted by Crippen LogP contribution is -2.27. The molecule has 0 heterocycles. The molecule has 0 radical (unpaired) electrons. The second kappa shape index (κ2) is 12.3. The minimum atomic E-state index is -5.27. The topological polar surface area (TPSA) is 9.23 Å². The van der Waals surface area contributed by atoms with Gasteiger partial charge in [0.25, 0.3) is 0 Å². The number of benzene rings is 2. The van der Waals surface area contributed by atoms with Gasteiger partial charge in [0.15, 0.2) is 0 Å². The highest BCUT2D eigenvalue weighted by molar-refractivity contribution is 5.66. The van der Waals surface area contributed by atoms with E-state index in [0.717, 1.165) is 55.6 Å². The van der Waals surface area contributed by atoms with E-state index < -0.39 is 46.1 Å². The Morgan fingerprint density at radius 3 is 1.68 bits per heavy atom. The first kappa shape index (κ1) is 28.8. The molecule has 0 saturated heterocycles. The van der Waals surface area contributed by atoms with Crippen molar-refractivity contribution in [3.05, 3.63) is 53.1 Å². The first-order valence-corrected chi connectivity index (χ1v) is 13.7. The second-order valence-corrected chi connectivity index (χ2v) is 11.1. The van der Waals surface area contributed by atoms with E-state index in [2.05, 4.69) is 6.92 Å². The Morgan fingerprint density at radius 1 is 0.711 bits per heavy atom. The molecule has 8 heteroatoms. The van der Waals surface area contributed by atoms with Crippen molar-refractivity contribution in [3.8, 4) is 16.9 Å². The van der Waals surface area contributed by atoms with Gasteiger partial charge in [0.2, 0.25) is 0 Å². The first-order valence-electron chi connectivity index (χ1n) is 13.7. The molecule has 38 heavy (non-hydrogen) atoms. The van der Waals surface area contributed by atoms with Crippen LogP contribution >= 0.6 is 0 Å². The average Bonchev–Trinajstić information content (AvgIpc) is 2.85. The second-order valence-electron chi connectivity index (χ2n) is 11.1. The Hall–Kier alpha value is -2.25. The van der Waals surface area contributed by atoms with Crippen LogP contribution in [0.1, 0.15) is 83.1 Å². The molecule has 0 unspecified atom stereocenters. The molecule has 0 N–H and O–H groups in total. The first-order chi connectivity index (χ1) is 18.1. The van der Waals surface area contributed by atoms with Gasteiger partial charge in [-0.15, -0.1) is 0 Å². The van der Waals surface area contributed by atoms with E-state index in [9.17, 15) is 30.7 Å². The van der Waals surface area contributed by atoms with Gasteiger partial charge in [-0.3, -0.25) is 0 Å². The summed E-state index contributed by atoms with van der Waals surface area (Å²) in [6.07, 6.45) is 8.23. The molecular weight excluding hydrogens is 509 g/mol. The SMILES string of the molecule is CCCCC1CCC(C2CCC(COc3cc(F)c(-c4cc(F)c(C(F)(F)F)c(F)c4)c(F)c3)CC2)CC1. The van der Waals surface area contributed by atoms with Crippen LogP contribution < -0.4 is 4.74 Å². The third-order valence-corrected chi connectivity index (χ3v) is 8.53. The number of rotatable bonds is 8. The molecule has 1 nitrogen and oxygen atoms in total. The lowest BCUT2D eigenvalue weighted by atomic mass is 9.69. The third kappa shape index (κ3) is 6.84. The maximum atomic E-state index is 14.7. The van der Waals surface area contributed by atoms with Crippen molar-refractivity contribution in [1.29, 1.82) is 0 Å². The average molecular weight is 545 g/mol. The zero-order valence-electron chi connectivity index (χ0n) is 21.7. The molecule has 2 saturated carbocycles. The minimum Gasteiger partial charge on any atom is -0.493 e. The summed E-state index contributed by atoms with van der Waals surface area (Å²) >= 11 is 0. The number of halogens is 7. The lowest BCUT2D eigenvalue weighted by molar-refractivity contribution is -0.142. The Balaban J connectivity index is 1.31. The van der Waals surface area contributed by atoms with Gasteiger partial charge in [-0.2, -0.15) is 13.2 Å². The zero-order valence-corrected chi connectivity index (χ0v) is 21.7. The van der Waals surface area contributed by atoms with Gasteiger partial charge in [-0.1, -0.05) is 39.0 Å². The fourth-order valence-electron chi connectivity index (χ4n) is 6.38. The summed E-state index contributed by atoms with van der Waals surface area (Å²) in [5.41, 5.74) is -3.57. The number of hydrogen-bond donors (Lipinski definition) is 0. The molecule has 0 amide bonds. The highest BCUT2D eigenvalue weighted by atomic mass is 19.4. The maximum Gasteiger partial charge on any atom is 0.422 e. The smallest absolute Gasteiger partial charge is 0.422 e. The van der Waals surface area contributed by atoms with E-state index in [1.54, 1.807) is 0 Å². The van der Waals surface area contributed by atoms with Crippen molar-refractivity contribution in [2.45, 2.75) is 83.7 Å². The van der Waals surface area contributed by atoms with Crippen molar-refractivity contribution in [2.24, 2.45) is 23.7 Å². The summed E-state index contributed by atoms with van der Waals surface area (Å²) in [5.74, 6) is -3.59. The van der Waals surface area contributed by atoms with Gasteiger partial charge >= 0.3 is 6.18 Å². The van der Waals surface area contributed by atoms with E-state index in [4.69, 9.17) is 4.74 Å². The molecule has 2 fully saturated rings. The van der Waals surface area contributed by atoms with Crippen LogP contribution in [0.15, 0.2) is 24.3 Å². The van der Waals surface area contributed by atoms with Gasteiger partial charge in [0.05, 0.1) is 12.2 Å². The van der Waals surface area contributed by atoms with Crippen molar-refractivity contribution >= 4 is 0 Å². The highest BCUT2D eigenvalue weighted by Crippen LogP contribution is 2.43. The predicted molar refractivity (Wildman–Crippen MR) is 133 cm³/mol. The minimum absolute atomic E-state index is 0.0656. The summed E-state index contributed by atoms with van der Waals surface area (Å²) < 4.78 is 101. The molecule has 0 atom stereocenters. The van der Waals surface area contributed by atoms with Crippen LogP contribution in [-0.2, 0) is 6.18 Å². The number of hydrogen-bond acceptors (Lipinski definition) is 1. The molecule has 4 rings (SSSR count). The predicted octanol–water partition coefficient (Wildman–Crippen LogP) is 10.1. The van der Waals surface area contributed by atoms with Crippen LogP contribution in [0.2, 0.25) is 0 Å². The Morgan fingerprint density at radius 2 is 1.21 bits per heavy atom. The van der Waals surface area contributed by atoms with E-state index in [1.807, 2.05) is 0 Å². The number of alkyl halides is 3. The molecule has 0 aliphatic heterocycles. The summed E-state index contributed by atoms with van der Waals surface area (Å²) in [4.78, 5) is 0. The molecule has 2 aliphatic carbocycles. The molecule has 0 bridgehead atoms. The van der Waals surface area contributed by atoms with Crippen LogP contribution in [0.5, 0.6) is 5.75 Å². The van der Waals surface area contributed by atoms with Crippen LogP contribution in [0.3, 0.4) is 0 Å². The molecule has 0 aromatic heterocycles. The lowest BCUT2D eigenvalue weighted by Gasteiger charge is -2.38. The molecule has 2 aliphatic rings. The standard InChI is InChI=1S/C30H35F7O/c1-2-3-4-18-5-9-20(10-6-18)21-11-7-19(8-12-21)17-38-23-15-24(31)28(25(32)16-23)22-13-26(33)29(27(34)14-22)30(35,36)37/h13-16,18-21H,2-12,17H2,1H3. The molecule has 2 aromatic carbocycles. The number of ether oxygens (including phenoxy) is 1. The van der Waals surface area contributed by atoms with Crippen molar-refractivity contribution in [3.63, 3.8) is 0 Å². The Kier molecular flexibility index (Phi) is 9.30. The number of unbranched alkanes of at least 4 members (excludes halogenated alkanes) is 1. The summed E-state index contributed by atoms with van der Waals surface area (Å²) in [6, 6.07) is 2.36. The van der Waals surface area contributed by atoms with Crippen LogP contribution in [-0.4, -0.2) is 6.61 Å². The molecule has 2 aromatic rings. The fourth-order valence-corrected chi connectivity index (χ4v) is 6.38. The normalized spacial score (nSPS) is 24.4. The maximum absolute atomic E-state index is 14.7. The molecule has 210 valence electrons. The van der Waals surface area contributed by atoms with Crippen molar-refractivity contribution in [1.82, 2.24) is 0 Å². The van der Waals surface area contributed by atoms with E-state index in [0.29, 0.717) is 6.61 Å². The van der Waals surface area contributed by atoms with E-state index in [1.165, 1.54) is 44.9 Å². The van der Waals surface area contributed by atoms with Gasteiger partial charge in [0, 0.05) is 12.1 Å². The Bertz CT molecular complexity index is 1030. The van der Waals surface area contributed by atoms with Gasteiger partial charge in [-0.25, -0.2) is 17.6 Å². The summed E-state index contributed by atoms with van der Waals surface area (Å²) in [7, 11) is 0. The van der Waals surface area contributed by atoms with Crippen LogP contribution in [0.25, 0.3) is 11.1 Å². The zero-order chi connectivity index (χ0) is 27.4. The third-order valence-electron chi connectivity index (χ3n) is 8.53. The highest BCUT2D eigenvalue weighted by Gasteiger charge is 2.38. The van der Waals surface area contributed by atoms with Gasteiger partial charge in [0.1, 0.15) is 34.6 Å². The van der Waals surface area contributed by atoms with Crippen molar-refractivity contribution in [2.75, 3.05) is 6.61 Å². The van der Waals surface area contributed by atoms with Gasteiger partial charge < -0.3 is 4.74 Å². The monoisotopic (exact) mass is 544 g/mol. The molecular formula is C30H35F7O. The largest absolute Gasteiger partial charge is 0.493 e. The summed E-state index contributed by atoms with van der Waals surface area (Å²) in [6.45, 7) is 2.54. The van der Waals surface area contributed by atoms with Crippen LogP contribution in [0, 0.1) is 46.9 Å². The Labute approximate surface area is 219 Å². The van der Waals surface area contributed by atoms with Gasteiger partial charge in [-0.05, 0) is 79.9 Å². The van der Waals surface area contributed by atoms with Crippen molar-refractivity contribution < 1.29 is 35.5 Å².